The maximum absolute atomic E-state index is 9.15. The summed E-state index contributed by atoms with van der Waals surface area (Å²) in [5.41, 5.74) is 5.85. The summed E-state index contributed by atoms with van der Waals surface area (Å²) in [4.78, 5) is 0. The van der Waals surface area contributed by atoms with Gasteiger partial charge in [-0.15, -0.1) is 0 Å². The average Bonchev–Trinajstić information content (AvgIpc) is 1.85. The number of aliphatic hydroxyl groups excluding tert-OH is 1. The first-order chi connectivity index (χ1) is 5.12. The molecule has 1 fully saturated rings. The highest BCUT2D eigenvalue weighted by Gasteiger charge is 2.28. The molecule has 0 aromatic heterocycles. The van der Waals surface area contributed by atoms with Gasteiger partial charge in [0.25, 0.3) is 0 Å². The SMILES string of the molecule is CC(O)CC1(N)CCOCC1. The van der Waals surface area contributed by atoms with Crippen LogP contribution in [0.5, 0.6) is 0 Å². The largest absolute Gasteiger partial charge is 0.393 e. The quantitative estimate of drug-likeness (QED) is 0.608. The molecule has 0 radical (unpaired) electrons. The third-order valence-electron chi connectivity index (χ3n) is 2.19. The van der Waals surface area contributed by atoms with Crippen molar-refractivity contribution >= 4 is 0 Å². The zero-order valence-corrected chi connectivity index (χ0v) is 7.05. The lowest BCUT2D eigenvalue weighted by Crippen LogP contribution is -2.47. The second-order valence-corrected chi connectivity index (χ2v) is 3.53. The molecule has 1 aliphatic heterocycles. The zero-order chi connectivity index (χ0) is 8.32. The molecule has 3 nitrogen and oxygen atoms in total. The number of hydrogen-bond donors (Lipinski definition) is 2. The van der Waals surface area contributed by atoms with Gasteiger partial charge in [-0.2, -0.15) is 0 Å². The van der Waals surface area contributed by atoms with Crippen LogP contribution in [0.3, 0.4) is 0 Å². The number of aliphatic hydroxyl groups is 1. The first kappa shape index (κ1) is 8.97. The molecule has 1 unspecified atom stereocenters. The van der Waals surface area contributed by atoms with Gasteiger partial charge in [-0.3, -0.25) is 0 Å². The van der Waals surface area contributed by atoms with E-state index >= 15 is 0 Å². The first-order valence-corrected chi connectivity index (χ1v) is 4.17. The normalized spacial score (nSPS) is 26.5. The molecule has 0 aromatic carbocycles. The van der Waals surface area contributed by atoms with Gasteiger partial charge in [0, 0.05) is 18.8 Å². The van der Waals surface area contributed by atoms with Gasteiger partial charge in [0.15, 0.2) is 0 Å². The van der Waals surface area contributed by atoms with E-state index in [9.17, 15) is 0 Å². The van der Waals surface area contributed by atoms with Crippen molar-refractivity contribution in [3.05, 3.63) is 0 Å². The predicted molar refractivity (Wildman–Crippen MR) is 43.3 cm³/mol. The summed E-state index contributed by atoms with van der Waals surface area (Å²) in [6.07, 6.45) is 2.14. The van der Waals surface area contributed by atoms with Crippen LogP contribution in [-0.4, -0.2) is 30.0 Å². The molecule has 0 bridgehead atoms. The molecule has 0 amide bonds. The number of hydrogen-bond acceptors (Lipinski definition) is 3. The van der Waals surface area contributed by atoms with Crippen molar-refractivity contribution < 1.29 is 9.84 Å². The van der Waals surface area contributed by atoms with Crippen LogP contribution in [0.25, 0.3) is 0 Å². The molecule has 3 N–H and O–H groups in total. The van der Waals surface area contributed by atoms with E-state index in [-0.39, 0.29) is 11.6 Å². The van der Waals surface area contributed by atoms with Gasteiger partial charge in [-0.1, -0.05) is 0 Å². The van der Waals surface area contributed by atoms with Crippen molar-refractivity contribution in [3.8, 4) is 0 Å². The first-order valence-electron chi connectivity index (χ1n) is 4.17. The maximum atomic E-state index is 9.15. The highest BCUT2D eigenvalue weighted by molar-refractivity contribution is 4.87. The Morgan fingerprint density at radius 1 is 1.55 bits per heavy atom. The van der Waals surface area contributed by atoms with Gasteiger partial charge in [0.2, 0.25) is 0 Å². The van der Waals surface area contributed by atoms with Crippen LogP contribution in [0.4, 0.5) is 0 Å². The molecule has 1 heterocycles. The molecule has 0 aromatic rings. The smallest absolute Gasteiger partial charge is 0.0529 e. The van der Waals surface area contributed by atoms with Crippen molar-refractivity contribution in [1.29, 1.82) is 0 Å². The van der Waals surface area contributed by atoms with Crippen LogP contribution in [0.15, 0.2) is 0 Å². The molecule has 1 rings (SSSR count). The summed E-state index contributed by atoms with van der Waals surface area (Å²) in [6, 6.07) is 0. The van der Waals surface area contributed by atoms with Crippen LogP contribution in [-0.2, 0) is 4.74 Å². The average molecular weight is 159 g/mol. The van der Waals surface area contributed by atoms with Crippen LogP contribution in [0, 0.1) is 0 Å². The molecular weight excluding hydrogens is 142 g/mol. The van der Waals surface area contributed by atoms with Crippen molar-refractivity contribution in [1.82, 2.24) is 0 Å². The fraction of sp³-hybridized carbons (Fsp3) is 1.00. The fourth-order valence-corrected chi connectivity index (χ4v) is 1.57. The molecule has 1 atom stereocenters. The Labute approximate surface area is 67.5 Å². The van der Waals surface area contributed by atoms with Gasteiger partial charge in [0.1, 0.15) is 0 Å². The van der Waals surface area contributed by atoms with Gasteiger partial charge in [0.05, 0.1) is 6.10 Å². The Balaban J connectivity index is 2.37. The molecule has 1 aliphatic rings. The molecule has 1 saturated heterocycles. The van der Waals surface area contributed by atoms with E-state index in [1.807, 2.05) is 0 Å². The van der Waals surface area contributed by atoms with E-state index in [2.05, 4.69) is 0 Å². The van der Waals surface area contributed by atoms with Crippen LogP contribution < -0.4 is 5.73 Å². The summed E-state index contributed by atoms with van der Waals surface area (Å²) in [5, 5.41) is 9.15. The summed E-state index contributed by atoms with van der Waals surface area (Å²) < 4.78 is 5.18. The minimum atomic E-state index is -0.293. The standard InChI is InChI=1S/C8H17NO2/c1-7(10)6-8(9)2-4-11-5-3-8/h7,10H,2-6,9H2,1H3. The minimum Gasteiger partial charge on any atom is -0.393 e. The molecular formula is C8H17NO2. The van der Waals surface area contributed by atoms with E-state index in [1.165, 1.54) is 0 Å². The maximum Gasteiger partial charge on any atom is 0.0529 e. The van der Waals surface area contributed by atoms with Crippen LogP contribution in [0.2, 0.25) is 0 Å². The number of rotatable bonds is 2. The summed E-state index contributed by atoms with van der Waals surface area (Å²) in [6.45, 7) is 3.26. The molecule has 0 aliphatic carbocycles. The third-order valence-corrected chi connectivity index (χ3v) is 2.19. The lowest BCUT2D eigenvalue weighted by atomic mass is 9.86. The van der Waals surface area contributed by atoms with Crippen molar-refractivity contribution in [2.24, 2.45) is 5.73 Å². The molecule has 0 saturated carbocycles. The second-order valence-electron chi connectivity index (χ2n) is 3.53. The zero-order valence-electron chi connectivity index (χ0n) is 7.05. The summed E-state index contributed by atoms with van der Waals surface area (Å²) >= 11 is 0. The van der Waals surface area contributed by atoms with E-state index in [0.717, 1.165) is 26.1 Å². The monoisotopic (exact) mass is 159 g/mol. The highest BCUT2D eigenvalue weighted by Crippen LogP contribution is 2.22. The van der Waals surface area contributed by atoms with Crippen molar-refractivity contribution in [2.45, 2.75) is 37.8 Å². The second kappa shape index (κ2) is 3.52. The predicted octanol–water partition coefficient (Wildman–Crippen LogP) is 0.265. The van der Waals surface area contributed by atoms with Gasteiger partial charge < -0.3 is 15.6 Å². The lowest BCUT2D eigenvalue weighted by Gasteiger charge is -2.34. The Morgan fingerprint density at radius 2 is 2.09 bits per heavy atom. The van der Waals surface area contributed by atoms with Crippen molar-refractivity contribution in [3.63, 3.8) is 0 Å². The van der Waals surface area contributed by atoms with Crippen LogP contribution >= 0.6 is 0 Å². The molecule has 3 heteroatoms. The Hall–Kier alpha value is -0.120. The van der Waals surface area contributed by atoms with Crippen LogP contribution in [0.1, 0.15) is 26.2 Å². The third kappa shape index (κ3) is 2.77. The van der Waals surface area contributed by atoms with E-state index in [1.54, 1.807) is 6.92 Å². The van der Waals surface area contributed by atoms with E-state index in [0.29, 0.717) is 6.42 Å². The summed E-state index contributed by atoms with van der Waals surface area (Å²) in [7, 11) is 0. The topological polar surface area (TPSA) is 55.5 Å². The van der Waals surface area contributed by atoms with E-state index in [4.69, 9.17) is 15.6 Å². The molecule has 11 heavy (non-hydrogen) atoms. The van der Waals surface area contributed by atoms with Crippen molar-refractivity contribution in [2.75, 3.05) is 13.2 Å². The Morgan fingerprint density at radius 3 is 2.55 bits per heavy atom. The summed E-state index contributed by atoms with van der Waals surface area (Å²) in [5.74, 6) is 0. The highest BCUT2D eigenvalue weighted by atomic mass is 16.5. The van der Waals surface area contributed by atoms with Gasteiger partial charge in [-0.05, 0) is 26.2 Å². The minimum absolute atomic E-state index is 0.174. The Kier molecular flexibility index (Phi) is 2.87. The molecule has 0 spiro atoms. The molecule has 66 valence electrons. The van der Waals surface area contributed by atoms with Gasteiger partial charge in [-0.25, -0.2) is 0 Å². The Bertz CT molecular complexity index is 119. The van der Waals surface area contributed by atoms with E-state index < -0.39 is 0 Å². The van der Waals surface area contributed by atoms with Gasteiger partial charge >= 0.3 is 0 Å². The number of ether oxygens (including phenoxy) is 1. The number of nitrogens with two attached hydrogens (primary N) is 1. The lowest BCUT2D eigenvalue weighted by molar-refractivity contribution is 0.0322. The fourth-order valence-electron chi connectivity index (χ4n) is 1.57.